The van der Waals surface area contributed by atoms with Crippen molar-refractivity contribution in [2.45, 2.75) is 46.7 Å². The van der Waals surface area contributed by atoms with Gasteiger partial charge in [0.1, 0.15) is 5.56 Å². The number of rotatable bonds is 5. The van der Waals surface area contributed by atoms with E-state index in [4.69, 9.17) is 0 Å². The summed E-state index contributed by atoms with van der Waals surface area (Å²) in [5, 5.41) is 2.85. The van der Waals surface area contributed by atoms with Gasteiger partial charge >= 0.3 is 5.69 Å². The SMILES string of the molecule is CCCn1c(=O)n(C(C)C)c2cc(C(=O)c3c(C)[nH]n(C)c3=O)ccc21. The number of aryl methyl sites for hydroxylation is 3. The van der Waals surface area contributed by atoms with Gasteiger partial charge in [-0.1, -0.05) is 6.92 Å². The molecule has 0 bridgehead atoms. The first-order valence-corrected chi connectivity index (χ1v) is 8.83. The number of hydrogen-bond donors (Lipinski definition) is 1. The van der Waals surface area contributed by atoms with E-state index in [9.17, 15) is 14.4 Å². The van der Waals surface area contributed by atoms with Crippen molar-refractivity contribution in [2.24, 2.45) is 7.05 Å². The Morgan fingerprint density at radius 3 is 2.42 bits per heavy atom. The maximum absolute atomic E-state index is 12.9. The van der Waals surface area contributed by atoms with Crippen LogP contribution in [0.5, 0.6) is 0 Å². The highest BCUT2D eigenvalue weighted by Crippen LogP contribution is 2.21. The van der Waals surface area contributed by atoms with E-state index in [1.165, 1.54) is 4.68 Å². The Morgan fingerprint density at radius 1 is 1.19 bits per heavy atom. The predicted octanol–water partition coefficient (Wildman–Crippen LogP) is 2.36. The van der Waals surface area contributed by atoms with Crippen molar-refractivity contribution < 1.29 is 4.79 Å². The van der Waals surface area contributed by atoms with Crippen LogP contribution in [0.2, 0.25) is 0 Å². The summed E-state index contributed by atoms with van der Waals surface area (Å²) in [6.07, 6.45) is 0.844. The lowest BCUT2D eigenvalue weighted by molar-refractivity contribution is 0.103. The minimum absolute atomic E-state index is 0.0321. The summed E-state index contributed by atoms with van der Waals surface area (Å²) in [5.74, 6) is -0.336. The fourth-order valence-electron chi connectivity index (χ4n) is 3.46. The van der Waals surface area contributed by atoms with Crippen LogP contribution in [-0.2, 0) is 13.6 Å². The zero-order valence-electron chi connectivity index (χ0n) is 15.8. The Balaban J connectivity index is 2.24. The molecule has 0 saturated carbocycles. The van der Waals surface area contributed by atoms with Crippen molar-refractivity contribution in [3.8, 4) is 0 Å². The molecule has 1 N–H and O–H groups in total. The number of aromatic amines is 1. The summed E-state index contributed by atoms with van der Waals surface area (Å²) in [5.41, 5.74) is 2.17. The van der Waals surface area contributed by atoms with Crippen LogP contribution in [0.1, 0.15) is 54.8 Å². The largest absolute Gasteiger partial charge is 0.329 e. The summed E-state index contributed by atoms with van der Waals surface area (Å²) in [7, 11) is 1.58. The normalized spacial score (nSPS) is 11.6. The number of nitrogens with one attached hydrogen (secondary N) is 1. The number of fused-ring (bicyclic) bond motifs is 1. The molecular weight excluding hydrogens is 332 g/mol. The van der Waals surface area contributed by atoms with E-state index in [1.807, 2.05) is 20.8 Å². The van der Waals surface area contributed by atoms with E-state index in [1.54, 1.807) is 41.3 Å². The predicted molar refractivity (Wildman–Crippen MR) is 101 cm³/mol. The van der Waals surface area contributed by atoms with Crippen LogP contribution in [0.4, 0.5) is 0 Å². The van der Waals surface area contributed by atoms with E-state index in [2.05, 4.69) is 5.10 Å². The molecule has 7 heteroatoms. The first-order chi connectivity index (χ1) is 12.3. The minimum atomic E-state index is -0.350. The Kier molecular flexibility index (Phi) is 4.48. The second-order valence-electron chi connectivity index (χ2n) is 6.91. The highest BCUT2D eigenvalue weighted by atomic mass is 16.2. The molecule has 0 spiro atoms. The molecule has 2 aromatic heterocycles. The van der Waals surface area contributed by atoms with Crippen molar-refractivity contribution >= 4 is 16.8 Å². The summed E-state index contributed by atoms with van der Waals surface area (Å²) in [6.45, 7) is 8.23. The monoisotopic (exact) mass is 356 g/mol. The molecule has 0 unspecified atom stereocenters. The maximum Gasteiger partial charge on any atom is 0.329 e. The van der Waals surface area contributed by atoms with Crippen LogP contribution in [0.3, 0.4) is 0 Å². The van der Waals surface area contributed by atoms with Crippen LogP contribution >= 0.6 is 0 Å². The lowest BCUT2D eigenvalue weighted by Gasteiger charge is -2.07. The second-order valence-corrected chi connectivity index (χ2v) is 6.91. The molecule has 3 aromatic rings. The van der Waals surface area contributed by atoms with E-state index in [-0.39, 0.29) is 28.6 Å². The molecule has 0 aliphatic heterocycles. The van der Waals surface area contributed by atoms with Gasteiger partial charge in [-0.05, 0) is 45.4 Å². The number of aromatic nitrogens is 4. The second kappa shape index (κ2) is 6.48. The summed E-state index contributed by atoms with van der Waals surface area (Å²) >= 11 is 0. The Hall–Kier alpha value is -2.83. The molecule has 0 fully saturated rings. The smallest absolute Gasteiger partial charge is 0.299 e. The Labute approximate surface area is 150 Å². The maximum atomic E-state index is 12.9. The van der Waals surface area contributed by atoms with Crippen molar-refractivity contribution in [1.29, 1.82) is 0 Å². The molecule has 0 radical (unpaired) electrons. The molecule has 2 heterocycles. The quantitative estimate of drug-likeness (QED) is 0.713. The molecule has 1 aromatic carbocycles. The van der Waals surface area contributed by atoms with Crippen LogP contribution in [0, 0.1) is 6.92 Å². The molecule has 0 atom stereocenters. The lowest BCUT2D eigenvalue weighted by atomic mass is 10.0. The number of ketones is 1. The van der Waals surface area contributed by atoms with Crippen LogP contribution in [0.15, 0.2) is 27.8 Å². The van der Waals surface area contributed by atoms with E-state index < -0.39 is 0 Å². The number of carbonyl (C=O) groups is 1. The number of H-pyrrole nitrogens is 1. The molecule has 7 nitrogen and oxygen atoms in total. The molecule has 0 aliphatic carbocycles. The molecule has 0 saturated heterocycles. The van der Waals surface area contributed by atoms with Gasteiger partial charge in [0, 0.05) is 30.9 Å². The van der Waals surface area contributed by atoms with Gasteiger partial charge in [0.15, 0.2) is 0 Å². The zero-order chi connectivity index (χ0) is 19.2. The average molecular weight is 356 g/mol. The third-order valence-corrected chi connectivity index (χ3v) is 4.64. The lowest BCUT2D eigenvalue weighted by Crippen LogP contribution is -2.25. The fraction of sp³-hybridized carbons (Fsp3) is 0.421. The van der Waals surface area contributed by atoms with Gasteiger partial charge in [0.05, 0.1) is 11.0 Å². The van der Waals surface area contributed by atoms with Crippen molar-refractivity contribution in [3.05, 3.63) is 55.9 Å². The van der Waals surface area contributed by atoms with Gasteiger partial charge in [0.2, 0.25) is 5.78 Å². The van der Waals surface area contributed by atoms with Crippen LogP contribution < -0.4 is 11.2 Å². The number of hydrogen-bond acceptors (Lipinski definition) is 3. The molecule has 138 valence electrons. The molecule has 0 amide bonds. The number of nitrogens with zero attached hydrogens (tertiary/aromatic N) is 3. The molecule has 3 rings (SSSR count). The van der Waals surface area contributed by atoms with E-state index in [0.29, 0.717) is 23.3 Å². The highest BCUT2D eigenvalue weighted by molar-refractivity contribution is 6.10. The standard InChI is InChI=1S/C19H24N4O3/c1-6-9-22-14-8-7-13(10-15(14)23(11(2)3)19(22)26)17(24)16-12(4)20-21(5)18(16)25/h7-8,10-11,20H,6,9H2,1-5H3. The Bertz CT molecular complexity index is 1110. The minimum Gasteiger partial charge on any atom is -0.299 e. The first-order valence-electron chi connectivity index (χ1n) is 8.83. The zero-order valence-corrected chi connectivity index (χ0v) is 15.8. The van der Waals surface area contributed by atoms with Gasteiger partial charge in [-0.25, -0.2) is 4.79 Å². The third-order valence-electron chi connectivity index (χ3n) is 4.64. The summed E-state index contributed by atoms with van der Waals surface area (Å²) in [6, 6.07) is 5.17. The van der Waals surface area contributed by atoms with Crippen LogP contribution in [-0.4, -0.2) is 24.7 Å². The average Bonchev–Trinajstić information content (AvgIpc) is 3.00. The summed E-state index contributed by atoms with van der Waals surface area (Å²) < 4.78 is 4.73. The van der Waals surface area contributed by atoms with Crippen LogP contribution in [0.25, 0.3) is 11.0 Å². The Morgan fingerprint density at radius 2 is 1.88 bits per heavy atom. The fourth-order valence-corrected chi connectivity index (χ4v) is 3.46. The molecule has 0 aliphatic rings. The molecule has 26 heavy (non-hydrogen) atoms. The van der Waals surface area contributed by atoms with Gasteiger partial charge in [-0.15, -0.1) is 0 Å². The highest BCUT2D eigenvalue weighted by Gasteiger charge is 2.22. The van der Waals surface area contributed by atoms with Gasteiger partial charge in [-0.2, -0.15) is 0 Å². The summed E-state index contributed by atoms with van der Waals surface area (Å²) in [4.78, 5) is 37.9. The van der Waals surface area contributed by atoms with Crippen molar-refractivity contribution in [1.82, 2.24) is 18.9 Å². The number of imidazole rings is 1. The van der Waals surface area contributed by atoms with Gasteiger partial charge in [-0.3, -0.25) is 28.5 Å². The van der Waals surface area contributed by atoms with E-state index >= 15 is 0 Å². The topological polar surface area (TPSA) is 81.8 Å². The third kappa shape index (κ3) is 2.64. The van der Waals surface area contributed by atoms with Crippen molar-refractivity contribution in [2.75, 3.05) is 0 Å². The van der Waals surface area contributed by atoms with Gasteiger partial charge < -0.3 is 0 Å². The van der Waals surface area contributed by atoms with E-state index in [0.717, 1.165) is 11.9 Å². The van der Waals surface area contributed by atoms with Crippen molar-refractivity contribution in [3.63, 3.8) is 0 Å². The number of benzene rings is 1. The first kappa shape index (κ1) is 18.0. The number of carbonyl (C=O) groups excluding carboxylic acids is 1. The molecular formula is C19H24N4O3. The van der Waals surface area contributed by atoms with Gasteiger partial charge in [0.25, 0.3) is 5.56 Å².